The van der Waals surface area contributed by atoms with Crippen molar-refractivity contribution in [1.29, 1.82) is 0 Å². The van der Waals surface area contributed by atoms with E-state index in [9.17, 15) is 18.0 Å². The van der Waals surface area contributed by atoms with Crippen LogP contribution in [0.3, 0.4) is 0 Å². The van der Waals surface area contributed by atoms with Gasteiger partial charge in [0.1, 0.15) is 0 Å². The van der Waals surface area contributed by atoms with Crippen molar-refractivity contribution in [3.8, 4) is 0 Å². The quantitative estimate of drug-likeness (QED) is 0.682. The molecule has 0 aliphatic heterocycles. The van der Waals surface area contributed by atoms with Gasteiger partial charge in [-0.15, -0.1) is 0 Å². The largest absolute Gasteiger partial charge is 0.416 e. The maximum atomic E-state index is 12.7. The van der Waals surface area contributed by atoms with Gasteiger partial charge in [0.05, 0.1) is 5.56 Å². The zero-order valence-electron chi connectivity index (χ0n) is 12.5. The third-order valence-electron chi connectivity index (χ3n) is 4.61. The van der Waals surface area contributed by atoms with Crippen LogP contribution in [-0.2, 0) is 6.18 Å². The van der Waals surface area contributed by atoms with Crippen LogP contribution < -0.4 is 0 Å². The Hall–Kier alpha value is -1.32. The summed E-state index contributed by atoms with van der Waals surface area (Å²) in [5.41, 5.74) is 0.182. The molecule has 0 radical (unpaired) electrons. The van der Waals surface area contributed by atoms with E-state index >= 15 is 0 Å². The summed E-state index contributed by atoms with van der Waals surface area (Å²) in [6.45, 7) is 3.74. The zero-order chi connectivity index (χ0) is 15.6. The first kappa shape index (κ1) is 16.1. The van der Waals surface area contributed by atoms with Gasteiger partial charge in [0.25, 0.3) is 0 Å². The van der Waals surface area contributed by atoms with E-state index in [1.165, 1.54) is 6.07 Å². The first-order valence-electron chi connectivity index (χ1n) is 7.55. The highest BCUT2D eigenvalue weighted by Crippen LogP contribution is 2.34. The lowest BCUT2D eigenvalue weighted by Gasteiger charge is -2.27. The molecule has 116 valence electrons. The molecule has 1 saturated carbocycles. The van der Waals surface area contributed by atoms with Gasteiger partial charge in [-0.1, -0.05) is 19.4 Å². The van der Waals surface area contributed by atoms with Gasteiger partial charge >= 0.3 is 6.18 Å². The molecule has 2 rings (SSSR count). The van der Waals surface area contributed by atoms with Gasteiger partial charge in [-0.25, -0.2) is 0 Å². The smallest absolute Gasteiger partial charge is 0.294 e. The maximum absolute atomic E-state index is 12.7. The van der Waals surface area contributed by atoms with Crippen molar-refractivity contribution in [2.24, 2.45) is 11.8 Å². The zero-order valence-corrected chi connectivity index (χ0v) is 12.5. The Labute approximate surface area is 123 Å². The van der Waals surface area contributed by atoms with E-state index in [0.29, 0.717) is 17.0 Å². The van der Waals surface area contributed by atoms with Gasteiger partial charge < -0.3 is 0 Å². The van der Waals surface area contributed by atoms with Crippen LogP contribution in [0.15, 0.2) is 18.2 Å². The van der Waals surface area contributed by atoms with Crippen LogP contribution in [0.4, 0.5) is 13.2 Å². The van der Waals surface area contributed by atoms with Gasteiger partial charge in [0.2, 0.25) is 0 Å². The Morgan fingerprint density at radius 1 is 1.19 bits per heavy atom. The van der Waals surface area contributed by atoms with Gasteiger partial charge in [-0.3, -0.25) is 4.79 Å². The summed E-state index contributed by atoms with van der Waals surface area (Å²) < 4.78 is 38.0. The lowest BCUT2D eigenvalue weighted by molar-refractivity contribution is -0.137. The number of carbonyl (C=O) groups excluding carboxylic acids is 1. The van der Waals surface area contributed by atoms with Gasteiger partial charge in [0.15, 0.2) is 5.78 Å². The van der Waals surface area contributed by atoms with E-state index in [1.807, 2.05) is 0 Å². The van der Waals surface area contributed by atoms with Crippen molar-refractivity contribution in [2.75, 3.05) is 0 Å². The molecule has 0 bridgehead atoms. The molecule has 1 nitrogen and oxygen atoms in total. The number of ketones is 1. The van der Waals surface area contributed by atoms with Gasteiger partial charge in [-0.2, -0.15) is 13.2 Å². The van der Waals surface area contributed by atoms with Crippen molar-refractivity contribution >= 4 is 5.78 Å². The number of hydrogen-bond acceptors (Lipinski definition) is 1. The molecule has 21 heavy (non-hydrogen) atoms. The van der Waals surface area contributed by atoms with Crippen LogP contribution in [0.2, 0.25) is 0 Å². The predicted molar refractivity (Wildman–Crippen MR) is 76.3 cm³/mol. The minimum Gasteiger partial charge on any atom is -0.294 e. The van der Waals surface area contributed by atoms with Gasteiger partial charge in [0, 0.05) is 11.5 Å². The monoisotopic (exact) mass is 298 g/mol. The SMILES string of the molecule is CCC1CCC(C(=O)c2ccc(C(F)(F)F)cc2C)CC1. The van der Waals surface area contributed by atoms with E-state index in [2.05, 4.69) is 6.92 Å². The summed E-state index contributed by atoms with van der Waals surface area (Å²) in [7, 11) is 0. The third kappa shape index (κ3) is 3.66. The van der Waals surface area contributed by atoms with Crippen molar-refractivity contribution in [1.82, 2.24) is 0 Å². The molecule has 0 N–H and O–H groups in total. The maximum Gasteiger partial charge on any atom is 0.416 e. The van der Waals surface area contributed by atoms with Crippen molar-refractivity contribution < 1.29 is 18.0 Å². The molecule has 0 saturated heterocycles. The molecule has 0 aromatic heterocycles. The fraction of sp³-hybridized carbons (Fsp3) is 0.588. The summed E-state index contributed by atoms with van der Waals surface area (Å²) >= 11 is 0. The standard InChI is InChI=1S/C17H21F3O/c1-3-12-4-6-13(7-5-12)16(21)15-9-8-14(10-11(15)2)17(18,19)20/h8-10,12-13H,3-7H2,1-2H3. The van der Waals surface area contributed by atoms with E-state index < -0.39 is 11.7 Å². The summed E-state index contributed by atoms with van der Waals surface area (Å²) in [6.07, 6.45) is 0.598. The minimum absolute atomic E-state index is 0.00998. The third-order valence-corrected chi connectivity index (χ3v) is 4.61. The number of aryl methyl sites for hydroxylation is 1. The summed E-state index contributed by atoms with van der Waals surface area (Å²) in [5, 5.41) is 0. The molecule has 1 aliphatic carbocycles. The van der Waals surface area contributed by atoms with Crippen molar-refractivity contribution in [3.63, 3.8) is 0 Å². The molecular weight excluding hydrogens is 277 g/mol. The van der Waals surface area contributed by atoms with E-state index in [1.54, 1.807) is 6.92 Å². The first-order chi connectivity index (χ1) is 9.82. The van der Waals surface area contributed by atoms with Crippen molar-refractivity contribution in [3.05, 3.63) is 34.9 Å². The van der Waals surface area contributed by atoms with Crippen LogP contribution in [0.1, 0.15) is 60.5 Å². The number of halogens is 3. The summed E-state index contributed by atoms with van der Waals surface area (Å²) in [5.74, 6) is 0.682. The molecule has 1 aliphatic rings. The van der Waals surface area contributed by atoms with Crippen LogP contribution in [0, 0.1) is 18.8 Å². The fourth-order valence-electron chi connectivity index (χ4n) is 3.17. The second kappa shape index (κ2) is 6.20. The van der Waals surface area contributed by atoms with Gasteiger partial charge in [-0.05, 0) is 56.2 Å². The number of Topliss-reactive ketones (excluding diaryl/α,β-unsaturated/α-hetero) is 1. The lowest BCUT2D eigenvalue weighted by Crippen LogP contribution is -2.22. The second-order valence-electron chi connectivity index (χ2n) is 6.02. The molecule has 0 unspecified atom stereocenters. The first-order valence-corrected chi connectivity index (χ1v) is 7.55. The number of carbonyl (C=O) groups is 1. The minimum atomic E-state index is -4.36. The molecule has 0 heterocycles. The van der Waals surface area contributed by atoms with E-state index in [4.69, 9.17) is 0 Å². The second-order valence-corrected chi connectivity index (χ2v) is 6.02. The Bertz CT molecular complexity index is 511. The van der Waals surface area contributed by atoms with E-state index in [-0.39, 0.29) is 11.7 Å². The van der Waals surface area contributed by atoms with Crippen LogP contribution in [0.25, 0.3) is 0 Å². The number of benzene rings is 1. The average molecular weight is 298 g/mol. The number of rotatable bonds is 3. The summed E-state index contributed by atoms with van der Waals surface area (Å²) in [4.78, 5) is 12.5. The average Bonchev–Trinajstić information content (AvgIpc) is 2.45. The highest BCUT2D eigenvalue weighted by Gasteiger charge is 2.32. The molecule has 0 spiro atoms. The Morgan fingerprint density at radius 3 is 2.29 bits per heavy atom. The molecular formula is C17H21F3O. The Kier molecular flexibility index (Phi) is 4.74. The highest BCUT2D eigenvalue weighted by atomic mass is 19.4. The van der Waals surface area contributed by atoms with Crippen LogP contribution >= 0.6 is 0 Å². The number of hydrogen-bond donors (Lipinski definition) is 0. The topological polar surface area (TPSA) is 17.1 Å². The lowest BCUT2D eigenvalue weighted by atomic mass is 9.77. The molecule has 1 aromatic carbocycles. The highest BCUT2D eigenvalue weighted by molar-refractivity contribution is 5.99. The molecule has 4 heteroatoms. The van der Waals surface area contributed by atoms with Crippen LogP contribution in [-0.4, -0.2) is 5.78 Å². The Morgan fingerprint density at radius 2 is 1.81 bits per heavy atom. The normalized spacial score (nSPS) is 23.1. The van der Waals surface area contributed by atoms with Crippen LogP contribution in [0.5, 0.6) is 0 Å². The molecule has 0 amide bonds. The molecule has 0 atom stereocenters. The van der Waals surface area contributed by atoms with E-state index in [0.717, 1.165) is 44.2 Å². The van der Waals surface area contributed by atoms with Crippen molar-refractivity contribution in [2.45, 2.75) is 52.1 Å². The fourth-order valence-corrected chi connectivity index (χ4v) is 3.17. The number of alkyl halides is 3. The molecule has 1 aromatic rings. The summed E-state index contributed by atoms with van der Waals surface area (Å²) in [6, 6.07) is 3.43. The Balaban J connectivity index is 2.13. The predicted octanol–water partition coefficient (Wildman–Crippen LogP) is 5.41. The molecule has 1 fully saturated rings.